The van der Waals surface area contributed by atoms with Gasteiger partial charge in [0.2, 0.25) is 0 Å². The van der Waals surface area contributed by atoms with Crippen molar-refractivity contribution in [2.45, 2.75) is 39.5 Å². The SMILES string of the molecule is CNc1c2c3c(c(C)c1C(C)C)CCN3CC2. The summed E-state index contributed by atoms with van der Waals surface area (Å²) in [6.07, 6.45) is 2.47. The van der Waals surface area contributed by atoms with Gasteiger partial charge in [0.1, 0.15) is 0 Å². The van der Waals surface area contributed by atoms with Gasteiger partial charge in [-0.2, -0.15) is 0 Å². The molecule has 0 bridgehead atoms. The minimum Gasteiger partial charge on any atom is -0.388 e. The van der Waals surface area contributed by atoms with E-state index in [0.717, 1.165) is 0 Å². The van der Waals surface area contributed by atoms with Gasteiger partial charge >= 0.3 is 0 Å². The molecule has 2 heteroatoms. The standard InChI is InChI=1S/C15H22N2/c1-9(2)13-10(3)11-5-7-17-8-6-12(15(11)17)14(13)16-4/h9,16H,5-8H2,1-4H3. The Morgan fingerprint density at radius 2 is 1.76 bits per heavy atom. The molecule has 2 aliphatic heterocycles. The first-order chi connectivity index (χ1) is 8.15. The topological polar surface area (TPSA) is 15.3 Å². The zero-order chi connectivity index (χ0) is 12.2. The third-order valence-corrected chi connectivity index (χ3v) is 4.41. The van der Waals surface area contributed by atoms with Gasteiger partial charge in [0.25, 0.3) is 0 Å². The molecule has 2 nitrogen and oxygen atoms in total. The molecular formula is C15H22N2. The number of benzene rings is 1. The van der Waals surface area contributed by atoms with Crippen LogP contribution < -0.4 is 10.2 Å². The molecule has 17 heavy (non-hydrogen) atoms. The van der Waals surface area contributed by atoms with Crippen molar-refractivity contribution < 1.29 is 0 Å². The number of nitrogens with one attached hydrogen (secondary N) is 1. The average Bonchev–Trinajstić information content (AvgIpc) is 2.86. The van der Waals surface area contributed by atoms with Crippen LogP contribution in [0.15, 0.2) is 0 Å². The molecule has 0 radical (unpaired) electrons. The second kappa shape index (κ2) is 3.66. The Labute approximate surface area is 104 Å². The van der Waals surface area contributed by atoms with Crippen LogP contribution in [-0.2, 0) is 12.8 Å². The Kier molecular flexibility index (Phi) is 2.35. The maximum Gasteiger partial charge on any atom is 0.0456 e. The Hall–Kier alpha value is -1.18. The summed E-state index contributed by atoms with van der Waals surface area (Å²) >= 11 is 0. The van der Waals surface area contributed by atoms with E-state index in [-0.39, 0.29) is 0 Å². The van der Waals surface area contributed by atoms with Crippen LogP contribution in [-0.4, -0.2) is 20.1 Å². The fourth-order valence-corrected chi connectivity index (χ4v) is 3.76. The highest BCUT2D eigenvalue weighted by atomic mass is 15.2. The minimum absolute atomic E-state index is 0.605. The smallest absolute Gasteiger partial charge is 0.0456 e. The lowest BCUT2D eigenvalue weighted by molar-refractivity contribution is 0.833. The Morgan fingerprint density at radius 3 is 2.35 bits per heavy atom. The number of hydrogen-bond acceptors (Lipinski definition) is 2. The number of rotatable bonds is 2. The lowest BCUT2D eigenvalue weighted by Crippen LogP contribution is -2.17. The minimum atomic E-state index is 0.605. The molecule has 1 aromatic carbocycles. The summed E-state index contributed by atoms with van der Waals surface area (Å²) in [6, 6.07) is 0. The van der Waals surface area contributed by atoms with Crippen LogP contribution >= 0.6 is 0 Å². The highest BCUT2D eigenvalue weighted by Crippen LogP contribution is 2.46. The quantitative estimate of drug-likeness (QED) is 0.840. The zero-order valence-corrected chi connectivity index (χ0v) is 11.4. The summed E-state index contributed by atoms with van der Waals surface area (Å²) in [5.41, 5.74) is 9.27. The molecule has 92 valence electrons. The number of nitrogens with zero attached hydrogens (tertiary/aromatic N) is 1. The van der Waals surface area contributed by atoms with Crippen LogP contribution in [0, 0.1) is 6.92 Å². The van der Waals surface area contributed by atoms with Crippen LogP contribution in [0.25, 0.3) is 0 Å². The van der Waals surface area contributed by atoms with Crippen LogP contribution in [0.5, 0.6) is 0 Å². The molecule has 2 heterocycles. The van der Waals surface area contributed by atoms with Crippen molar-refractivity contribution in [3.05, 3.63) is 22.3 Å². The first-order valence-electron chi connectivity index (χ1n) is 6.76. The molecule has 0 aliphatic carbocycles. The summed E-state index contributed by atoms with van der Waals surface area (Å²) in [7, 11) is 2.07. The largest absolute Gasteiger partial charge is 0.388 e. The molecular weight excluding hydrogens is 208 g/mol. The van der Waals surface area contributed by atoms with E-state index in [9.17, 15) is 0 Å². The third-order valence-electron chi connectivity index (χ3n) is 4.41. The molecule has 0 unspecified atom stereocenters. The Balaban J connectivity index is 2.32. The van der Waals surface area contributed by atoms with Crippen molar-refractivity contribution in [1.29, 1.82) is 0 Å². The molecule has 0 atom stereocenters. The van der Waals surface area contributed by atoms with Crippen molar-refractivity contribution in [3.63, 3.8) is 0 Å². The average molecular weight is 230 g/mol. The summed E-state index contributed by atoms with van der Waals surface area (Å²) in [6.45, 7) is 9.38. The van der Waals surface area contributed by atoms with Crippen LogP contribution in [0.4, 0.5) is 11.4 Å². The maximum atomic E-state index is 3.47. The van der Waals surface area contributed by atoms with Gasteiger partial charge in [-0.05, 0) is 42.4 Å². The van der Waals surface area contributed by atoms with Gasteiger partial charge in [-0.3, -0.25) is 0 Å². The van der Waals surface area contributed by atoms with Crippen molar-refractivity contribution >= 4 is 11.4 Å². The second-order valence-corrected chi connectivity index (χ2v) is 5.61. The fourth-order valence-electron chi connectivity index (χ4n) is 3.76. The van der Waals surface area contributed by atoms with E-state index in [0.29, 0.717) is 5.92 Å². The molecule has 0 saturated heterocycles. The van der Waals surface area contributed by atoms with Crippen molar-refractivity contribution in [2.75, 3.05) is 30.4 Å². The summed E-state index contributed by atoms with van der Waals surface area (Å²) < 4.78 is 0. The van der Waals surface area contributed by atoms with E-state index < -0.39 is 0 Å². The lowest BCUT2D eigenvalue weighted by Gasteiger charge is -2.22. The zero-order valence-electron chi connectivity index (χ0n) is 11.4. The van der Waals surface area contributed by atoms with Gasteiger partial charge in [-0.1, -0.05) is 13.8 Å². The Bertz CT molecular complexity index is 475. The van der Waals surface area contributed by atoms with E-state index in [2.05, 4.69) is 38.0 Å². The molecule has 0 amide bonds. The molecule has 1 aromatic rings. The normalized spacial score (nSPS) is 16.9. The van der Waals surface area contributed by atoms with E-state index in [1.165, 1.54) is 37.2 Å². The highest BCUT2D eigenvalue weighted by Gasteiger charge is 2.33. The molecule has 0 saturated carbocycles. The first-order valence-corrected chi connectivity index (χ1v) is 6.76. The maximum absolute atomic E-state index is 3.47. The van der Waals surface area contributed by atoms with Gasteiger partial charge in [-0.15, -0.1) is 0 Å². The number of anilines is 2. The van der Waals surface area contributed by atoms with Crippen LogP contribution in [0.3, 0.4) is 0 Å². The predicted molar refractivity (Wildman–Crippen MR) is 74.4 cm³/mol. The Morgan fingerprint density at radius 1 is 1.12 bits per heavy atom. The van der Waals surface area contributed by atoms with Crippen LogP contribution in [0.1, 0.15) is 42.0 Å². The fraction of sp³-hybridized carbons (Fsp3) is 0.600. The van der Waals surface area contributed by atoms with E-state index >= 15 is 0 Å². The van der Waals surface area contributed by atoms with Gasteiger partial charge in [0.15, 0.2) is 0 Å². The summed E-state index contributed by atoms with van der Waals surface area (Å²) in [4.78, 5) is 2.57. The molecule has 2 aliphatic rings. The molecule has 0 aromatic heterocycles. The van der Waals surface area contributed by atoms with Gasteiger partial charge in [0, 0.05) is 37.1 Å². The molecule has 3 rings (SSSR count). The highest BCUT2D eigenvalue weighted by molar-refractivity contribution is 5.80. The monoisotopic (exact) mass is 230 g/mol. The number of hydrogen-bond donors (Lipinski definition) is 1. The lowest BCUT2D eigenvalue weighted by atomic mass is 9.88. The third kappa shape index (κ3) is 1.33. The van der Waals surface area contributed by atoms with Gasteiger partial charge in [-0.25, -0.2) is 0 Å². The van der Waals surface area contributed by atoms with Gasteiger partial charge in [0.05, 0.1) is 0 Å². The van der Waals surface area contributed by atoms with E-state index in [1.54, 1.807) is 22.4 Å². The molecule has 0 fully saturated rings. The summed E-state index contributed by atoms with van der Waals surface area (Å²) in [5, 5.41) is 3.47. The summed E-state index contributed by atoms with van der Waals surface area (Å²) in [5.74, 6) is 0.605. The molecule has 0 spiro atoms. The van der Waals surface area contributed by atoms with Crippen molar-refractivity contribution in [1.82, 2.24) is 0 Å². The second-order valence-electron chi connectivity index (χ2n) is 5.61. The van der Waals surface area contributed by atoms with Gasteiger partial charge < -0.3 is 10.2 Å². The van der Waals surface area contributed by atoms with Crippen molar-refractivity contribution in [3.8, 4) is 0 Å². The van der Waals surface area contributed by atoms with Crippen molar-refractivity contribution in [2.24, 2.45) is 0 Å². The van der Waals surface area contributed by atoms with E-state index in [1.807, 2.05) is 0 Å². The van der Waals surface area contributed by atoms with Crippen LogP contribution in [0.2, 0.25) is 0 Å². The van der Waals surface area contributed by atoms with E-state index in [4.69, 9.17) is 0 Å². The first kappa shape index (κ1) is 10.9. The molecule has 1 N–H and O–H groups in total. The predicted octanol–water partition coefficient (Wildman–Crippen LogP) is 3.08.